The molecular weight excluding hydrogens is 309 g/mol. The molecule has 0 bridgehead atoms. The van der Waals surface area contributed by atoms with Crippen LogP contribution in [0.25, 0.3) is 0 Å². The summed E-state index contributed by atoms with van der Waals surface area (Å²) in [4.78, 5) is 22.7. The minimum absolute atomic E-state index is 0.442. The number of carbonyl (C=O) groups is 2. The number of nitrogens with one attached hydrogen (secondary N) is 1. The van der Waals surface area contributed by atoms with Crippen LogP contribution in [0.5, 0.6) is 0 Å². The summed E-state index contributed by atoms with van der Waals surface area (Å²) in [5.41, 5.74) is -1.06. The molecule has 0 saturated carbocycles. The molecule has 1 amide bonds. The lowest BCUT2D eigenvalue weighted by atomic mass is 9.92. The molecule has 1 aromatic rings. The quantitative estimate of drug-likeness (QED) is 0.841. The summed E-state index contributed by atoms with van der Waals surface area (Å²) in [6, 6.07) is 4.87. The number of anilines is 1. The fraction of sp³-hybridized carbons (Fsp3) is 0.273. The van der Waals surface area contributed by atoms with Gasteiger partial charge < -0.3 is 10.4 Å². The van der Waals surface area contributed by atoms with E-state index in [1.54, 1.807) is 18.2 Å². The second kappa shape index (κ2) is 5.06. The Labute approximate surface area is 112 Å². The maximum Gasteiger partial charge on any atom is 0.318 e. The predicted octanol–water partition coefficient (Wildman–Crippen LogP) is 3.15. The van der Waals surface area contributed by atoms with Gasteiger partial charge in [0.1, 0.15) is 5.41 Å². The summed E-state index contributed by atoms with van der Waals surface area (Å²) >= 11 is 9.03. The van der Waals surface area contributed by atoms with E-state index in [1.165, 1.54) is 13.8 Å². The summed E-state index contributed by atoms with van der Waals surface area (Å²) in [7, 11) is 0. The van der Waals surface area contributed by atoms with Gasteiger partial charge in [0.2, 0.25) is 5.91 Å². The van der Waals surface area contributed by atoms with E-state index in [2.05, 4.69) is 21.2 Å². The fourth-order valence-corrected chi connectivity index (χ4v) is 1.49. The highest BCUT2D eigenvalue weighted by atomic mass is 79.9. The van der Waals surface area contributed by atoms with Gasteiger partial charge in [0.15, 0.2) is 0 Å². The van der Waals surface area contributed by atoms with Gasteiger partial charge >= 0.3 is 5.97 Å². The molecule has 0 aliphatic heterocycles. The number of halogens is 2. The normalized spacial score (nSPS) is 11.1. The van der Waals surface area contributed by atoms with Gasteiger partial charge in [-0.05, 0) is 48.0 Å². The summed E-state index contributed by atoms with van der Waals surface area (Å²) in [6.45, 7) is 2.67. The zero-order chi connectivity index (χ0) is 13.2. The molecule has 0 unspecified atom stereocenters. The molecule has 0 aromatic heterocycles. The number of rotatable bonds is 3. The molecule has 92 valence electrons. The van der Waals surface area contributed by atoms with Gasteiger partial charge in [-0.3, -0.25) is 9.59 Å². The summed E-state index contributed by atoms with van der Waals surface area (Å²) in [5.74, 6) is -1.79. The van der Waals surface area contributed by atoms with E-state index in [4.69, 9.17) is 16.7 Å². The summed E-state index contributed by atoms with van der Waals surface area (Å²) in [6.07, 6.45) is 0. The van der Waals surface area contributed by atoms with Crippen molar-refractivity contribution in [2.75, 3.05) is 5.32 Å². The highest BCUT2D eigenvalue weighted by Crippen LogP contribution is 2.28. The Balaban J connectivity index is 2.96. The first-order chi connectivity index (χ1) is 7.75. The molecule has 17 heavy (non-hydrogen) atoms. The van der Waals surface area contributed by atoms with Crippen LogP contribution in [-0.2, 0) is 9.59 Å². The van der Waals surface area contributed by atoms with E-state index in [1.807, 2.05) is 0 Å². The van der Waals surface area contributed by atoms with Crippen molar-refractivity contribution < 1.29 is 14.7 Å². The van der Waals surface area contributed by atoms with Crippen molar-refractivity contribution in [3.05, 3.63) is 27.7 Å². The van der Waals surface area contributed by atoms with Crippen LogP contribution in [0.1, 0.15) is 13.8 Å². The van der Waals surface area contributed by atoms with E-state index in [0.717, 1.165) is 0 Å². The van der Waals surface area contributed by atoms with Crippen LogP contribution in [0.3, 0.4) is 0 Å². The molecule has 4 nitrogen and oxygen atoms in total. The van der Waals surface area contributed by atoms with E-state index in [-0.39, 0.29) is 0 Å². The number of carboxylic acids is 1. The number of benzene rings is 1. The van der Waals surface area contributed by atoms with E-state index >= 15 is 0 Å². The van der Waals surface area contributed by atoms with Crippen LogP contribution in [0.15, 0.2) is 22.7 Å². The number of aliphatic carboxylic acids is 1. The number of amides is 1. The first-order valence-corrected chi connectivity index (χ1v) is 5.92. The predicted molar refractivity (Wildman–Crippen MR) is 69.2 cm³/mol. The first kappa shape index (κ1) is 14.0. The van der Waals surface area contributed by atoms with Gasteiger partial charge in [-0.2, -0.15) is 0 Å². The van der Waals surface area contributed by atoms with Gasteiger partial charge in [0.05, 0.1) is 5.69 Å². The van der Waals surface area contributed by atoms with Gasteiger partial charge in [-0.15, -0.1) is 0 Å². The standard InChI is InChI=1S/C11H11BrClNO3/c1-11(2,10(16)17)9(15)14-8-5-6(13)3-4-7(8)12/h3-5H,1-2H3,(H,14,15)(H,16,17). The molecule has 0 heterocycles. The molecule has 6 heteroatoms. The monoisotopic (exact) mass is 319 g/mol. The van der Waals surface area contributed by atoms with Crippen molar-refractivity contribution in [3.63, 3.8) is 0 Å². The Kier molecular flexibility index (Phi) is 4.16. The minimum Gasteiger partial charge on any atom is -0.480 e. The van der Waals surface area contributed by atoms with Crippen molar-refractivity contribution in [2.45, 2.75) is 13.8 Å². The third kappa shape index (κ3) is 3.20. The lowest BCUT2D eigenvalue weighted by Gasteiger charge is -2.19. The Morgan fingerprint density at radius 3 is 2.53 bits per heavy atom. The third-order valence-electron chi connectivity index (χ3n) is 2.28. The average Bonchev–Trinajstić information content (AvgIpc) is 2.23. The number of hydrogen-bond donors (Lipinski definition) is 2. The molecule has 0 radical (unpaired) electrons. The topological polar surface area (TPSA) is 66.4 Å². The van der Waals surface area contributed by atoms with Crippen LogP contribution >= 0.6 is 27.5 Å². The molecule has 0 atom stereocenters. The zero-order valence-electron chi connectivity index (χ0n) is 9.25. The van der Waals surface area contributed by atoms with E-state index < -0.39 is 17.3 Å². The van der Waals surface area contributed by atoms with Crippen molar-refractivity contribution in [3.8, 4) is 0 Å². The summed E-state index contributed by atoms with van der Waals surface area (Å²) < 4.78 is 0.636. The van der Waals surface area contributed by atoms with Crippen LogP contribution in [-0.4, -0.2) is 17.0 Å². The molecular formula is C11H11BrClNO3. The van der Waals surface area contributed by atoms with Crippen molar-refractivity contribution in [2.24, 2.45) is 5.41 Å². The lowest BCUT2D eigenvalue weighted by Crippen LogP contribution is -2.37. The Morgan fingerprint density at radius 2 is 2.00 bits per heavy atom. The Bertz CT molecular complexity index is 474. The van der Waals surface area contributed by atoms with Gasteiger partial charge in [0.25, 0.3) is 0 Å². The molecule has 0 fully saturated rings. The third-order valence-corrected chi connectivity index (χ3v) is 3.21. The minimum atomic E-state index is -1.50. The lowest BCUT2D eigenvalue weighted by molar-refractivity contribution is -0.151. The number of carboxylic acid groups (broad SMARTS) is 1. The van der Waals surface area contributed by atoms with Crippen LogP contribution < -0.4 is 5.32 Å². The SMILES string of the molecule is CC(C)(C(=O)O)C(=O)Nc1cc(Cl)ccc1Br. The largest absolute Gasteiger partial charge is 0.480 e. The first-order valence-electron chi connectivity index (χ1n) is 4.75. The maximum atomic E-state index is 11.8. The summed E-state index contributed by atoms with van der Waals surface area (Å²) in [5, 5.41) is 11.9. The second-order valence-corrected chi connectivity index (χ2v) is 5.30. The van der Waals surface area contributed by atoms with E-state index in [0.29, 0.717) is 15.2 Å². The number of carbonyl (C=O) groups excluding carboxylic acids is 1. The van der Waals surface area contributed by atoms with Gasteiger partial charge in [-0.25, -0.2) is 0 Å². The smallest absolute Gasteiger partial charge is 0.318 e. The molecule has 0 spiro atoms. The fourth-order valence-electron chi connectivity index (χ4n) is 0.969. The molecule has 0 saturated heterocycles. The molecule has 1 rings (SSSR count). The average molecular weight is 321 g/mol. The molecule has 2 N–H and O–H groups in total. The van der Waals surface area contributed by atoms with Gasteiger partial charge in [-0.1, -0.05) is 11.6 Å². The van der Waals surface area contributed by atoms with Crippen LogP contribution in [0.2, 0.25) is 5.02 Å². The zero-order valence-corrected chi connectivity index (χ0v) is 11.6. The highest BCUT2D eigenvalue weighted by molar-refractivity contribution is 9.10. The van der Waals surface area contributed by atoms with Crippen molar-refractivity contribution >= 4 is 45.1 Å². The van der Waals surface area contributed by atoms with Gasteiger partial charge in [0, 0.05) is 9.50 Å². The highest BCUT2D eigenvalue weighted by Gasteiger charge is 2.36. The van der Waals surface area contributed by atoms with Crippen LogP contribution in [0.4, 0.5) is 5.69 Å². The second-order valence-electron chi connectivity index (χ2n) is 4.01. The van der Waals surface area contributed by atoms with E-state index in [9.17, 15) is 9.59 Å². The van der Waals surface area contributed by atoms with Crippen LogP contribution in [0, 0.1) is 5.41 Å². The van der Waals surface area contributed by atoms with Crippen molar-refractivity contribution in [1.82, 2.24) is 0 Å². The maximum absolute atomic E-state index is 11.8. The molecule has 0 aliphatic rings. The Hall–Kier alpha value is -1.07. The molecule has 1 aromatic carbocycles. The number of hydrogen-bond acceptors (Lipinski definition) is 2. The van der Waals surface area contributed by atoms with Crippen molar-refractivity contribution in [1.29, 1.82) is 0 Å². The Morgan fingerprint density at radius 1 is 1.41 bits per heavy atom. The molecule has 0 aliphatic carbocycles.